The van der Waals surface area contributed by atoms with Crippen LogP contribution in [0.15, 0.2) is 23.2 Å². The Morgan fingerprint density at radius 2 is 1.90 bits per heavy atom. The molecular weight excluding hydrogens is 254 g/mol. The topological polar surface area (TPSA) is 79.9 Å². The van der Waals surface area contributed by atoms with Gasteiger partial charge in [-0.05, 0) is 37.1 Å². The largest absolute Gasteiger partial charge is 0.388 e. The molecule has 0 aliphatic carbocycles. The van der Waals surface area contributed by atoms with Crippen LogP contribution in [0.5, 0.6) is 0 Å². The molecule has 5 heteroatoms. The van der Waals surface area contributed by atoms with Crippen molar-refractivity contribution < 1.29 is 9.84 Å². The summed E-state index contributed by atoms with van der Waals surface area (Å²) in [4.78, 5) is 4.25. The molecule has 2 rings (SSSR count). The third-order valence-corrected chi connectivity index (χ3v) is 3.46. The number of guanidine groups is 1. The molecule has 1 aliphatic heterocycles. The van der Waals surface area contributed by atoms with Gasteiger partial charge >= 0.3 is 0 Å². The second-order valence-corrected chi connectivity index (χ2v) is 5.54. The normalized spacial score (nSPS) is 18.9. The molecule has 0 spiro atoms. The number of nitrogens with one attached hydrogen (secondary N) is 1. The zero-order valence-electron chi connectivity index (χ0n) is 12.1. The van der Waals surface area contributed by atoms with Crippen LogP contribution in [0.2, 0.25) is 0 Å². The van der Waals surface area contributed by atoms with Crippen molar-refractivity contribution in [1.29, 1.82) is 0 Å². The van der Waals surface area contributed by atoms with Crippen molar-refractivity contribution in [3.05, 3.63) is 29.3 Å². The lowest BCUT2D eigenvalue weighted by atomic mass is 9.95. The molecule has 0 amide bonds. The Morgan fingerprint density at radius 1 is 1.30 bits per heavy atom. The molecule has 1 aliphatic rings. The number of anilines is 1. The van der Waals surface area contributed by atoms with Crippen molar-refractivity contribution in [2.75, 3.05) is 25.1 Å². The average Bonchev–Trinajstić information content (AvgIpc) is 2.36. The van der Waals surface area contributed by atoms with Gasteiger partial charge in [0.1, 0.15) is 0 Å². The number of rotatable bonds is 3. The maximum absolute atomic E-state index is 10.3. The number of hydrogen-bond donors (Lipinski definition) is 3. The van der Waals surface area contributed by atoms with E-state index in [1.54, 1.807) is 0 Å². The van der Waals surface area contributed by atoms with Gasteiger partial charge in [0.05, 0.1) is 12.1 Å². The van der Waals surface area contributed by atoms with Crippen LogP contribution in [0.3, 0.4) is 0 Å². The van der Waals surface area contributed by atoms with Gasteiger partial charge in [-0.15, -0.1) is 0 Å². The molecule has 1 aromatic rings. The van der Waals surface area contributed by atoms with E-state index in [1.807, 2.05) is 26.0 Å². The fourth-order valence-electron chi connectivity index (χ4n) is 2.38. The van der Waals surface area contributed by atoms with Crippen LogP contribution < -0.4 is 11.1 Å². The lowest BCUT2D eigenvalue weighted by Gasteiger charge is -2.30. The Bertz CT molecular complexity index is 474. The Balaban J connectivity index is 1.96. The summed E-state index contributed by atoms with van der Waals surface area (Å²) in [5, 5.41) is 13.4. The molecule has 1 aromatic carbocycles. The number of hydrogen-bond acceptors (Lipinski definition) is 3. The molecule has 0 radical (unpaired) electrons. The standard InChI is InChI=1S/C15H23N3O2/c1-11-7-12(2)9-13(8-11)18-14(16)17-10-15(19)3-5-20-6-4-15/h7-9,19H,3-6,10H2,1-2H3,(H3,16,17,18). The molecule has 110 valence electrons. The van der Waals surface area contributed by atoms with E-state index in [0.29, 0.717) is 38.6 Å². The second-order valence-electron chi connectivity index (χ2n) is 5.54. The van der Waals surface area contributed by atoms with E-state index in [0.717, 1.165) is 5.69 Å². The fraction of sp³-hybridized carbons (Fsp3) is 0.533. The lowest BCUT2D eigenvalue weighted by Crippen LogP contribution is -2.40. The van der Waals surface area contributed by atoms with E-state index in [2.05, 4.69) is 16.4 Å². The molecule has 5 nitrogen and oxygen atoms in total. The van der Waals surface area contributed by atoms with Gasteiger partial charge in [-0.3, -0.25) is 4.99 Å². The first-order chi connectivity index (χ1) is 9.47. The maximum Gasteiger partial charge on any atom is 0.193 e. The van der Waals surface area contributed by atoms with Crippen LogP contribution in [-0.4, -0.2) is 36.4 Å². The highest BCUT2D eigenvalue weighted by Crippen LogP contribution is 2.20. The molecule has 1 saturated heterocycles. The Labute approximate surface area is 119 Å². The van der Waals surface area contributed by atoms with E-state index < -0.39 is 5.60 Å². The van der Waals surface area contributed by atoms with Gasteiger partial charge in [0, 0.05) is 31.7 Å². The predicted molar refractivity (Wildman–Crippen MR) is 81.0 cm³/mol. The fourth-order valence-corrected chi connectivity index (χ4v) is 2.38. The van der Waals surface area contributed by atoms with Crippen molar-refractivity contribution >= 4 is 11.6 Å². The number of nitrogens with two attached hydrogens (primary N) is 1. The molecule has 20 heavy (non-hydrogen) atoms. The highest BCUT2D eigenvalue weighted by molar-refractivity contribution is 5.92. The number of benzene rings is 1. The molecular formula is C15H23N3O2. The number of aliphatic imine (C=N–C) groups is 1. The highest BCUT2D eigenvalue weighted by Gasteiger charge is 2.29. The van der Waals surface area contributed by atoms with Gasteiger partial charge in [0.25, 0.3) is 0 Å². The molecule has 4 N–H and O–H groups in total. The van der Waals surface area contributed by atoms with Crippen molar-refractivity contribution in [2.45, 2.75) is 32.3 Å². The molecule has 0 aromatic heterocycles. The van der Waals surface area contributed by atoms with Crippen molar-refractivity contribution in [3.63, 3.8) is 0 Å². The molecule has 0 unspecified atom stereocenters. The van der Waals surface area contributed by atoms with Crippen LogP contribution in [0.1, 0.15) is 24.0 Å². The van der Waals surface area contributed by atoms with Gasteiger partial charge in [0.15, 0.2) is 5.96 Å². The van der Waals surface area contributed by atoms with Crippen LogP contribution in [0.25, 0.3) is 0 Å². The Kier molecular flexibility index (Phi) is 4.62. The summed E-state index contributed by atoms with van der Waals surface area (Å²) in [5.41, 5.74) is 8.35. The summed E-state index contributed by atoms with van der Waals surface area (Å²) < 4.78 is 5.24. The first-order valence-electron chi connectivity index (χ1n) is 6.92. The molecule has 0 atom stereocenters. The minimum atomic E-state index is -0.785. The van der Waals surface area contributed by atoms with E-state index in [9.17, 15) is 5.11 Å². The molecule has 1 fully saturated rings. The number of nitrogens with zero attached hydrogens (tertiary/aromatic N) is 1. The van der Waals surface area contributed by atoms with Crippen molar-refractivity contribution in [2.24, 2.45) is 10.7 Å². The monoisotopic (exact) mass is 277 g/mol. The predicted octanol–water partition coefficient (Wildman–Crippen LogP) is 1.57. The molecule has 1 heterocycles. The van der Waals surface area contributed by atoms with Gasteiger partial charge in [-0.2, -0.15) is 0 Å². The van der Waals surface area contributed by atoms with E-state index >= 15 is 0 Å². The first kappa shape index (κ1) is 14.8. The number of ether oxygens (including phenoxy) is 1. The summed E-state index contributed by atoms with van der Waals surface area (Å²) in [6.07, 6.45) is 1.21. The van der Waals surface area contributed by atoms with E-state index in [4.69, 9.17) is 10.5 Å². The Morgan fingerprint density at radius 3 is 2.50 bits per heavy atom. The third kappa shape index (κ3) is 4.21. The zero-order valence-corrected chi connectivity index (χ0v) is 12.1. The second kappa shape index (κ2) is 6.24. The van der Waals surface area contributed by atoms with Gasteiger partial charge in [0.2, 0.25) is 0 Å². The van der Waals surface area contributed by atoms with Crippen LogP contribution in [-0.2, 0) is 4.74 Å². The first-order valence-corrected chi connectivity index (χ1v) is 6.92. The highest BCUT2D eigenvalue weighted by atomic mass is 16.5. The quantitative estimate of drug-likeness (QED) is 0.579. The Hall–Kier alpha value is -1.59. The summed E-state index contributed by atoms with van der Waals surface area (Å²) in [5.74, 6) is 0.329. The number of aliphatic hydroxyl groups is 1. The van der Waals surface area contributed by atoms with Crippen molar-refractivity contribution in [1.82, 2.24) is 0 Å². The molecule has 0 bridgehead atoms. The SMILES string of the molecule is Cc1cc(C)cc(NC(N)=NCC2(O)CCOCC2)c1. The summed E-state index contributed by atoms with van der Waals surface area (Å²) >= 11 is 0. The summed E-state index contributed by atoms with van der Waals surface area (Å²) in [6.45, 7) is 5.54. The smallest absolute Gasteiger partial charge is 0.193 e. The van der Waals surface area contributed by atoms with Gasteiger partial charge in [-0.25, -0.2) is 0 Å². The van der Waals surface area contributed by atoms with Crippen LogP contribution >= 0.6 is 0 Å². The maximum atomic E-state index is 10.3. The zero-order chi connectivity index (χ0) is 14.6. The summed E-state index contributed by atoms with van der Waals surface area (Å²) in [6, 6.07) is 6.13. The average molecular weight is 277 g/mol. The van der Waals surface area contributed by atoms with Gasteiger partial charge < -0.3 is 20.9 Å². The number of aryl methyl sites for hydroxylation is 2. The van der Waals surface area contributed by atoms with Crippen LogP contribution in [0, 0.1) is 13.8 Å². The van der Waals surface area contributed by atoms with Gasteiger partial charge in [-0.1, -0.05) is 6.07 Å². The summed E-state index contributed by atoms with van der Waals surface area (Å²) in [7, 11) is 0. The van der Waals surface area contributed by atoms with Crippen molar-refractivity contribution in [3.8, 4) is 0 Å². The minimum absolute atomic E-state index is 0.306. The van der Waals surface area contributed by atoms with Crippen LogP contribution in [0.4, 0.5) is 5.69 Å². The van der Waals surface area contributed by atoms with E-state index in [1.165, 1.54) is 11.1 Å². The molecule has 0 saturated carbocycles. The lowest BCUT2D eigenvalue weighted by molar-refractivity contribution is -0.0565. The minimum Gasteiger partial charge on any atom is -0.388 e. The van der Waals surface area contributed by atoms with E-state index in [-0.39, 0.29) is 0 Å². The third-order valence-electron chi connectivity index (χ3n) is 3.46.